The van der Waals surface area contributed by atoms with E-state index in [4.69, 9.17) is 0 Å². The van der Waals surface area contributed by atoms with Gasteiger partial charge in [0.15, 0.2) is 0 Å². The summed E-state index contributed by atoms with van der Waals surface area (Å²) in [5.41, 5.74) is 2.24. The van der Waals surface area contributed by atoms with Crippen LogP contribution in [-0.2, 0) is 6.42 Å². The molecule has 0 aromatic carbocycles. The fraction of sp³-hybridized carbons (Fsp3) is 0.417. The third-order valence-corrected chi connectivity index (χ3v) is 8.50. The summed E-state index contributed by atoms with van der Waals surface area (Å²) in [5.74, 6) is 2.19. The Morgan fingerprint density at radius 2 is 1.61 bits per heavy atom. The molecule has 1 aliphatic heterocycles. The summed E-state index contributed by atoms with van der Waals surface area (Å²) in [7, 11) is 2.19. The van der Waals surface area contributed by atoms with Crippen LogP contribution in [0.4, 0.5) is 0 Å². The maximum atomic E-state index is 4.68. The van der Waals surface area contributed by atoms with Crippen LogP contribution in [-0.4, -0.2) is 38.4 Å². The average Bonchev–Trinajstić information content (AvgIpc) is 3.58. The molecule has 5 heterocycles. The molecule has 31 heavy (non-hydrogen) atoms. The van der Waals surface area contributed by atoms with Crippen LogP contribution >= 0.6 is 22.7 Å². The first-order chi connectivity index (χ1) is 15.2. The number of unbranched alkanes of at least 4 members (excludes halogenated alkanes) is 2. The van der Waals surface area contributed by atoms with Crippen LogP contribution in [0, 0.1) is 0 Å². The normalized spacial score (nSPS) is 17.0. The van der Waals surface area contributed by atoms with Gasteiger partial charge in [-0.15, -0.1) is 22.7 Å². The van der Waals surface area contributed by atoms with Gasteiger partial charge in [-0.3, -0.25) is 4.90 Å². The number of nitrogens with one attached hydrogen (secondary N) is 2. The number of H-pyrrole nitrogens is 2. The van der Waals surface area contributed by atoms with Crippen molar-refractivity contribution in [3.63, 3.8) is 0 Å². The van der Waals surface area contributed by atoms with Crippen molar-refractivity contribution in [1.82, 2.24) is 24.8 Å². The van der Waals surface area contributed by atoms with E-state index < -0.39 is 0 Å². The van der Waals surface area contributed by atoms with E-state index in [0.29, 0.717) is 6.04 Å². The molecule has 0 aliphatic carbocycles. The summed E-state index contributed by atoms with van der Waals surface area (Å²) in [6, 6.07) is 9.28. The molecule has 1 atom stereocenters. The van der Waals surface area contributed by atoms with E-state index in [1.165, 1.54) is 51.6 Å². The van der Waals surface area contributed by atoms with Crippen LogP contribution in [0.15, 0.2) is 36.7 Å². The highest BCUT2D eigenvalue weighted by Gasteiger charge is 2.25. The molecule has 0 saturated carbocycles. The zero-order chi connectivity index (χ0) is 21.2. The summed E-state index contributed by atoms with van der Waals surface area (Å²) in [4.78, 5) is 23.8. The van der Waals surface area contributed by atoms with Crippen LogP contribution in [0.3, 0.4) is 0 Å². The van der Waals surface area contributed by atoms with Crippen molar-refractivity contribution in [3.05, 3.63) is 48.3 Å². The van der Waals surface area contributed by atoms with Crippen LogP contribution in [0.25, 0.3) is 30.9 Å². The van der Waals surface area contributed by atoms with Crippen molar-refractivity contribution >= 4 is 22.7 Å². The molecule has 1 fully saturated rings. The van der Waals surface area contributed by atoms with E-state index in [0.717, 1.165) is 36.0 Å². The molecule has 1 saturated heterocycles. The number of likely N-dealkylation sites (tertiary alicyclic amines) is 1. The molecule has 0 amide bonds. The molecule has 1 aliphatic rings. The lowest BCUT2D eigenvalue weighted by Gasteiger charge is -2.16. The maximum absolute atomic E-state index is 4.68. The fourth-order valence-corrected chi connectivity index (χ4v) is 6.31. The Kier molecular flexibility index (Phi) is 6.07. The van der Waals surface area contributed by atoms with Gasteiger partial charge in [0.25, 0.3) is 0 Å². The minimum Gasteiger partial charge on any atom is -0.341 e. The van der Waals surface area contributed by atoms with E-state index in [2.05, 4.69) is 63.1 Å². The number of aryl methyl sites for hydroxylation is 1. The number of aromatic amines is 2. The lowest BCUT2D eigenvalue weighted by Crippen LogP contribution is -2.18. The Bertz CT molecular complexity index is 1130. The molecule has 5 rings (SSSR count). The lowest BCUT2D eigenvalue weighted by atomic mass is 10.2. The van der Waals surface area contributed by atoms with Crippen molar-refractivity contribution in [3.8, 4) is 30.9 Å². The molecular formula is C24H29N5S2. The van der Waals surface area contributed by atoms with Crippen molar-refractivity contribution < 1.29 is 0 Å². The van der Waals surface area contributed by atoms with Gasteiger partial charge in [-0.1, -0.05) is 19.8 Å². The van der Waals surface area contributed by atoms with E-state index >= 15 is 0 Å². The second-order valence-electron chi connectivity index (χ2n) is 8.35. The van der Waals surface area contributed by atoms with Crippen LogP contribution in [0.5, 0.6) is 0 Å². The zero-order valence-corrected chi connectivity index (χ0v) is 19.8. The summed E-state index contributed by atoms with van der Waals surface area (Å²) >= 11 is 3.64. The SMILES string of the molecule is CCCCCc1ncc(-c2ccc(-c3ccc(-c4cnc(C5CCCN5C)[nH]4)s3)s2)[nH]1. The predicted molar refractivity (Wildman–Crippen MR) is 131 cm³/mol. The maximum Gasteiger partial charge on any atom is 0.123 e. The first-order valence-electron chi connectivity index (χ1n) is 11.2. The first kappa shape index (κ1) is 20.7. The highest BCUT2D eigenvalue weighted by atomic mass is 32.1. The molecule has 2 N–H and O–H groups in total. The van der Waals surface area contributed by atoms with Crippen molar-refractivity contribution in [2.24, 2.45) is 0 Å². The Labute approximate surface area is 191 Å². The number of rotatable bonds is 8. The summed E-state index contributed by atoms with van der Waals surface area (Å²) < 4.78 is 0. The second kappa shape index (κ2) is 9.10. The largest absolute Gasteiger partial charge is 0.341 e. The Hall–Kier alpha value is -2.22. The van der Waals surface area contributed by atoms with Crippen LogP contribution < -0.4 is 0 Å². The van der Waals surface area contributed by atoms with Gasteiger partial charge in [0, 0.05) is 16.2 Å². The molecule has 4 aromatic rings. The number of thiophene rings is 2. The molecule has 0 radical (unpaired) electrons. The third-order valence-electron chi connectivity index (χ3n) is 6.06. The average molecular weight is 452 g/mol. The number of hydrogen-bond donors (Lipinski definition) is 2. The topological polar surface area (TPSA) is 60.6 Å². The minimum atomic E-state index is 0.425. The number of nitrogens with zero attached hydrogens (tertiary/aromatic N) is 3. The van der Waals surface area contributed by atoms with Crippen LogP contribution in [0.1, 0.15) is 56.7 Å². The second-order valence-corrected chi connectivity index (χ2v) is 10.5. The van der Waals surface area contributed by atoms with E-state index in [1.807, 2.05) is 35.1 Å². The molecule has 162 valence electrons. The van der Waals surface area contributed by atoms with E-state index in [1.54, 1.807) is 0 Å². The summed E-state index contributed by atoms with van der Waals surface area (Å²) in [5, 5.41) is 0. The van der Waals surface area contributed by atoms with Gasteiger partial charge in [-0.05, 0) is 57.1 Å². The van der Waals surface area contributed by atoms with Crippen molar-refractivity contribution in [2.75, 3.05) is 13.6 Å². The molecule has 1 unspecified atom stereocenters. The predicted octanol–water partition coefficient (Wildman–Crippen LogP) is 6.76. The standard InChI is InChI=1S/C24H29N5S2/c1-3-4-5-8-23-25-14-16(27-23)19-9-11-21(30-19)22-12-10-20(31-22)17-15-26-24(28-17)18-7-6-13-29(18)2/h9-12,14-15,18H,3-8,13H2,1-2H3,(H,25,27)(H,26,28). The quantitative estimate of drug-likeness (QED) is 0.291. The Morgan fingerprint density at radius 3 is 2.29 bits per heavy atom. The summed E-state index contributed by atoms with van der Waals surface area (Å²) in [6.45, 7) is 3.39. The van der Waals surface area contributed by atoms with Gasteiger partial charge in [-0.2, -0.15) is 0 Å². The molecule has 0 bridgehead atoms. The molecule has 7 heteroatoms. The number of hydrogen-bond acceptors (Lipinski definition) is 5. The van der Waals surface area contributed by atoms with Gasteiger partial charge >= 0.3 is 0 Å². The van der Waals surface area contributed by atoms with Gasteiger partial charge in [0.2, 0.25) is 0 Å². The zero-order valence-electron chi connectivity index (χ0n) is 18.1. The van der Waals surface area contributed by atoms with Crippen molar-refractivity contribution in [2.45, 2.75) is 51.5 Å². The molecule has 5 nitrogen and oxygen atoms in total. The fourth-order valence-electron chi connectivity index (χ4n) is 4.27. The van der Waals surface area contributed by atoms with Crippen LogP contribution in [0.2, 0.25) is 0 Å². The van der Waals surface area contributed by atoms with Gasteiger partial charge in [0.1, 0.15) is 11.6 Å². The number of imidazole rings is 2. The smallest absolute Gasteiger partial charge is 0.123 e. The van der Waals surface area contributed by atoms with Gasteiger partial charge in [-0.25, -0.2) is 9.97 Å². The molecule has 0 spiro atoms. The van der Waals surface area contributed by atoms with Gasteiger partial charge in [0.05, 0.1) is 39.6 Å². The Balaban J connectivity index is 1.30. The molecular weight excluding hydrogens is 422 g/mol. The van der Waals surface area contributed by atoms with E-state index in [9.17, 15) is 0 Å². The number of aromatic nitrogens is 4. The summed E-state index contributed by atoms with van der Waals surface area (Å²) in [6.07, 6.45) is 11.1. The molecule has 4 aromatic heterocycles. The van der Waals surface area contributed by atoms with E-state index in [-0.39, 0.29) is 0 Å². The first-order valence-corrected chi connectivity index (χ1v) is 12.8. The third kappa shape index (κ3) is 4.40. The highest BCUT2D eigenvalue weighted by Crippen LogP contribution is 2.40. The van der Waals surface area contributed by atoms with Gasteiger partial charge < -0.3 is 9.97 Å². The lowest BCUT2D eigenvalue weighted by molar-refractivity contribution is 0.307. The highest BCUT2D eigenvalue weighted by molar-refractivity contribution is 7.25. The minimum absolute atomic E-state index is 0.425. The Morgan fingerprint density at radius 1 is 0.935 bits per heavy atom. The monoisotopic (exact) mass is 451 g/mol. The van der Waals surface area contributed by atoms with Crippen molar-refractivity contribution in [1.29, 1.82) is 0 Å².